The Morgan fingerprint density at radius 3 is 2.57 bits per heavy atom. The van der Waals surface area contributed by atoms with Crippen LogP contribution in [0, 0.1) is 0 Å². The lowest BCUT2D eigenvalue weighted by Crippen LogP contribution is -2.17. The van der Waals surface area contributed by atoms with Gasteiger partial charge in [-0.15, -0.1) is 0 Å². The first-order valence-corrected chi connectivity index (χ1v) is 12.6. The Balaban J connectivity index is 1.61. The van der Waals surface area contributed by atoms with Crippen LogP contribution in [0.25, 0.3) is 32.8 Å². The third-order valence-corrected chi connectivity index (χ3v) is 6.26. The second-order valence-corrected chi connectivity index (χ2v) is 9.89. The van der Waals surface area contributed by atoms with E-state index in [0.29, 0.717) is 22.7 Å². The van der Waals surface area contributed by atoms with Crippen molar-refractivity contribution in [2.45, 2.75) is 0 Å². The monoisotopic (exact) mass is 489 g/mol. The molecule has 0 saturated carbocycles. The summed E-state index contributed by atoms with van der Waals surface area (Å²) in [4.78, 5) is 20.3. The number of carbonyl (C=O) groups is 1. The van der Waals surface area contributed by atoms with Crippen LogP contribution in [0.3, 0.4) is 0 Å². The Hall–Kier alpha value is -4.31. The molecule has 5 rings (SSSR count). The van der Waals surface area contributed by atoms with Crippen LogP contribution in [0.15, 0.2) is 60.7 Å². The van der Waals surface area contributed by atoms with E-state index >= 15 is 0 Å². The van der Waals surface area contributed by atoms with Gasteiger partial charge in [-0.25, -0.2) is 13.4 Å². The number of methoxy groups -OCH3 is 1. The number of anilines is 3. The maximum absolute atomic E-state index is 12.0. The molecule has 0 fully saturated rings. The van der Waals surface area contributed by atoms with Crippen molar-refractivity contribution in [3.8, 4) is 5.75 Å². The Morgan fingerprint density at radius 2 is 1.83 bits per heavy atom. The number of hydrogen-bond donors (Lipinski definition) is 4. The number of rotatable bonds is 6. The summed E-state index contributed by atoms with van der Waals surface area (Å²) in [6.45, 7) is 0. The van der Waals surface area contributed by atoms with E-state index < -0.39 is 10.0 Å². The normalized spacial score (nSPS) is 11.6. The molecule has 2 aromatic heterocycles. The molecule has 0 radical (unpaired) electrons. The molecule has 0 atom stereocenters. The molecule has 0 spiro atoms. The van der Waals surface area contributed by atoms with Crippen molar-refractivity contribution >= 4 is 65.8 Å². The molecule has 35 heavy (non-hydrogen) atoms. The number of sulfonamides is 1. The minimum atomic E-state index is -3.41. The second-order valence-electron chi connectivity index (χ2n) is 8.14. The van der Waals surface area contributed by atoms with Crippen LogP contribution in [-0.2, 0) is 10.0 Å². The number of nitrogens with zero attached hydrogens (tertiary/aromatic N) is 1. The average Bonchev–Trinajstić information content (AvgIpc) is 3.19. The molecular weight excluding hydrogens is 466 g/mol. The molecule has 0 unspecified atom stereocenters. The fraction of sp³-hybridized carbons (Fsp3) is 0.120. The van der Waals surface area contributed by atoms with Gasteiger partial charge in [-0.05, 0) is 48.5 Å². The van der Waals surface area contributed by atoms with Crippen LogP contribution < -0.4 is 20.1 Å². The molecule has 178 valence electrons. The minimum absolute atomic E-state index is 0.151. The van der Waals surface area contributed by atoms with Gasteiger partial charge < -0.3 is 20.4 Å². The van der Waals surface area contributed by atoms with Crippen LogP contribution in [0.5, 0.6) is 5.75 Å². The number of hydrogen-bond acceptors (Lipinski definition) is 6. The summed E-state index contributed by atoms with van der Waals surface area (Å²) in [5.41, 5.74) is 5.76. The maximum Gasteiger partial charge on any atom is 0.251 e. The molecule has 2 heterocycles. The number of carbonyl (C=O) groups excluding carboxylic acids is 1. The van der Waals surface area contributed by atoms with Crippen LogP contribution in [0.4, 0.5) is 17.1 Å². The van der Waals surface area contributed by atoms with E-state index in [1.165, 1.54) is 7.11 Å². The summed E-state index contributed by atoms with van der Waals surface area (Å²) >= 11 is 0. The third-order valence-electron chi connectivity index (χ3n) is 5.65. The molecule has 0 aliphatic heterocycles. The van der Waals surface area contributed by atoms with Crippen LogP contribution in [0.2, 0.25) is 0 Å². The fourth-order valence-corrected chi connectivity index (χ4v) is 4.68. The van der Waals surface area contributed by atoms with Gasteiger partial charge >= 0.3 is 0 Å². The zero-order valence-electron chi connectivity index (χ0n) is 19.3. The summed E-state index contributed by atoms with van der Waals surface area (Å²) in [6, 6.07) is 18.3. The smallest absolute Gasteiger partial charge is 0.251 e. The van der Waals surface area contributed by atoms with E-state index in [2.05, 4.69) is 20.3 Å². The Morgan fingerprint density at radius 1 is 1.00 bits per heavy atom. The number of fused-ring (bicyclic) bond motifs is 4. The van der Waals surface area contributed by atoms with Gasteiger partial charge in [0, 0.05) is 29.4 Å². The molecule has 5 aromatic rings. The average molecular weight is 490 g/mol. The van der Waals surface area contributed by atoms with E-state index in [1.54, 1.807) is 31.3 Å². The topological polar surface area (TPSA) is 125 Å². The van der Waals surface area contributed by atoms with Crippen LogP contribution in [0.1, 0.15) is 10.4 Å². The summed E-state index contributed by atoms with van der Waals surface area (Å²) in [7, 11) is -0.279. The van der Waals surface area contributed by atoms with E-state index in [-0.39, 0.29) is 5.91 Å². The van der Waals surface area contributed by atoms with Crippen molar-refractivity contribution in [2.24, 2.45) is 0 Å². The van der Waals surface area contributed by atoms with Crippen molar-refractivity contribution in [3.05, 3.63) is 66.2 Å². The first-order valence-electron chi connectivity index (χ1n) is 10.8. The predicted octanol–water partition coefficient (Wildman–Crippen LogP) is 4.35. The van der Waals surface area contributed by atoms with Crippen LogP contribution in [-0.4, -0.2) is 44.7 Å². The zero-order chi connectivity index (χ0) is 24.7. The molecular formula is C25H23N5O4S. The van der Waals surface area contributed by atoms with Crippen LogP contribution >= 0.6 is 0 Å². The van der Waals surface area contributed by atoms with Gasteiger partial charge in [0.15, 0.2) is 0 Å². The third kappa shape index (κ3) is 4.31. The quantitative estimate of drug-likeness (QED) is 0.281. The van der Waals surface area contributed by atoms with Crippen molar-refractivity contribution < 1.29 is 17.9 Å². The van der Waals surface area contributed by atoms with Gasteiger partial charge in [0.25, 0.3) is 5.91 Å². The second kappa shape index (κ2) is 8.48. The number of H-pyrrole nitrogens is 1. The lowest BCUT2D eigenvalue weighted by Gasteiger charge is -2.14. The van der Waals surface area contributed by atoms with E-state index in [0.717, 1.165) is 44.8 Å². The molecule has 10 heteroatoms. The SMILES string of the molecule is CNC(=O)c1ccc2nc3c(cc2c1)[nH]c1cccc(Nc2ccc(NS(C)(=O)=O)cc2OC)c13. The van der Waals surface area contributed by atoms with Crippen molar-refractivity contribution in [1.82, 2.24) is 15.3 Å². The highest BCUT2D eigenvalue weighted by Crippen LogP contribution is 2.37. The van der Waals surface area contributed by atoms with Gasteiger partial charge in [-0.1, -0.05) is 6.07 Å². The number of nitrogens with one attached hydrogen (secondary N) is 4. The molecule has 0 aliphatic carbocycles. The highest BCUT2D eigenvalue weighted by Gasteiger charge is 2.15. The largest absolute Gasteiger partial charge is 0.494 e. The summed E-state index contributed by atoms with van der Waals surface area (Å²) in [5.74, 6) is 0.331. The molecule has 1 amide bonds. The van der Waals surface area contributed by atoms with E-state index in [1.807, 2.05) is 36.4 Å². The molecule has 4 N–H and O–H groups in total. The maximum atomic E-state index is 12.0. The number of aromatic nitrogens is 2. The van der Waals surface area contributed by atoms with Gasteiger partial charge in [0.05, 0.1) is 52.5 Å². The summed E-state index contributed by atoms with van der Waals surface area (Å²) < 4.78 is 31.1. The molecule has 9 nitrogen and oxygen atoms in total. The number of ether oxygens (including phenoxy) is 1. The molecule has 0 saturated heterocycles. The van der Waals surface area contributed by atoms with Gasteiger partial charge in [-0.3, -0.25) is 9.52 Å². The predicted molar refractivity (Wildman–Crippen MR) is 139 cm³/mol. The Bertz CT molecular complexity index is 1730. The lowest BCUT2D eigenvalue weighted by molar-refractivity contribution is 0.0963. The fourth-order valence-electron chi connectivity index (χ4n) is 4.13. The highest BCUT2D eigenvalue weighted by molar-refractivity contribution is 7.92. The van der Waals surface area contributed by atoms with Crippen molar-refractivity contribution in [3.63, 3.8) is 0 Å². The molecule has 0 aliphatic rings. The van der Waals surface area contributed by atoms with E-state index in [4.69, 9.17) is 9.72 Å². The lowest BCUT2D eigenvalue weighted by atomic mass is 10.1. The Labute approximate surface area is 201 Å². The number of benzene rings is 3. The van der Waals surface area contributed by atoms with Gasteiger partial charge in [-0.2, -0.15) is 0 Å². The van der Waals surface area contributed by atoms with Crippen molar-refractivity contribution in [1.29, 1.82) is 0 Å². The van der Waals surface area contributed by atoms with E-state index in [9.17, 15) is 13.2 Å². The van der Waals surface area contributed by atoms with Gasteiger partial charge in [0.2, 0.25) is 10.0 Å². The summed E-state index contributed by atoms with van der Waals surface area (Å²) in [6.07, 6.45) is 1.10. The first-order chi connectivity index (χ1) is 16.8. The van der Waals surface area contributed by atoms with Crippen molar-refractivity contribution in [2.75, 3.05) is 30.5 Å². The summed E-state index contributed by atoms with van der Waals surface area (Å²) in [5, 5.41) is 7.80. The molecule has 3 aromatic carbocycles. The number of pyridine rings is 1. The Kier molecular flexibility index (Phi) is 5.45. The first kappa shape index (κ1) is 22.5. The molecule has 0 bridgehead atoms. The standard InChI is InChI=1S/C25H23N5O4S/c1-26-25(31)14-7-9-17-15(11-14)12-21-24(29-17)23-19(5-4-6-20(23)28-21)27-18-10-8-16(13-22(18)34-2)30-35(3,32)33/h4-13,27-28,30H,1-3H3,(H,26,31). The number of amides is 1. The van der Waals surface area contributed by atoms with Gasteiger partial charge in [0.1, 0.15) is 5.75 Å². The number of aromatic amines is 1. The highest BCUT2D eigenvalue weighted by atomic mass is 32.2. The minimum Gasteiger partial charge on any atom is -0.494 e. The zero-order valence-corrected chi connectivity index (χ0v) is 20.1.